The van der Waals surface area contributed by atoms with Crippen molar-refractivity contribution in [2.45, 2.75) is 38.4 Å². The van der Waals surface area contributed by atoms with Crippen LogP contribution in [0.2, 0.25) is 0 Å². The number of para-hydroxylation sites is 2. The minimum absolute atomic E-state index is 0.0143. The zero-order valence-corrected chi connectivity index (χ0v) is 17.4. The molecule has 5 rings (SSSR count). The van der Waals surface area contributed by atoms with Gasteiger partial charge in [-0.05, 0) is 31.5 Å². The van der Waals surface area contributed by atoms with Crippen LogP contribution in [-0.2, 0) is 16.0 Å². The number of rotatable bonds is 3. The molecular formula is C24H25N3O3. The number of methoxy groups -OCH3 is 1. The predicted molar refractivity (Wildman–Crippen MR) is 114 cm³/mol. The molecule has 2 aliphatic heterocycles. The molecule has 3 aromatic rings. The molecule has 6 heteroatoms. The van der Waals surface area contributed by atoms with Gasteiger partial charge in [-0.3, -0.25) is 9.59 Å². The van der Waals surface area contributed by atoms with Gasteiger partial charge in [0.15, 0.2) is 0 Å². The molecule has 0 radical (unpaired) electrons. The molecule has 2 amide bonds. The average molecular weight is 403 g/mol. The smallest absolute Gasteiger partial charge is 0.246 e. The molecular weight excluding hydrogens is 378 g/mol. The number of fused-ring (bicyclic) bond motifs is 4. The first-order chi connectivity index (χ1) is 14.5. The zero-order chi connectivity index (χ0) is 21.0. The van der Waals surface area contributed by atoms with Crippen molar-refractivity contribution >= 4 is 22.7 Å². The van der Waals surface area contributed by atoms with Crippen molar-refractivity contribution in [2.75, 3.05) is 13.7 Å². The first kappa shape index (κ1) is 18.7. The third-order valence-electron chi connectivity index (χ3n) is 6.35. The molecule has 1 saturated heterocycles. The molecule has 1 N–H and O–H groups in total. The normalized spacial score (nSPS) is 21.2. The highest BCUT2D eigenvalue weighted by Gasteiger charge is 2.49. The lowest BCUT2D eigenvalue weighted by Crippen LogP contribution is -2.64. The van der Waals surface area contributed by atoms with E-state index in [2.05, 4.69) is 11.1 Å². The van der Waals surface area contributed by atoms with Crippen molar-refractivity contribution in [3.63, 3.8) is 0 Å². The van der Waals surface area contributed by atoms with Gasteiger partial charge < -0.3 is 19.5 Å². The summed E-state index contributed by atoms with van der Waals surface area (Å²) in [4.78, 5) is 33.8. The van der Waals surface area contributed by atoms with E-state index in [1.807, 2.05) is 56.3 Å². The van der Waals surface area contributed by atoms with E-state index in [4.69, 9.17) is 4.74 Å². The molecule has 0 spiro atoms. The van der Waals surface area contributed by atoms with Gasteiger partial charge in [-0.15, -0.1) is 0 Å². The number of aromatic nitrogens is 1. The molecule has 2 aromatic carbocycles. The van der Waals surface area contributed by atoms with E-state index >= 15 is 0 Å². The Kier molecular flexibility index (Phi) is 4.31. The molecule has 0 saturated carbocycles. The summed E-state index contributed by atoms with van der Waals surface area (Å²) in [6.07, 6.45) is 0.513. The van der Waals surface area contributed by atoms with Crippen molar-refractivity contribution in [1.82, 2.24) is 14.8 Å². The number of aromatic amines is 1. The number of piperazine rings is 1. The monoisotopic (exact) mass is 403 g/mol. The van der Waals surface area contributed by atoms with Crippen LogP contribution in [0.4, 0.5) is 0 Å². The van der Waals surface area contributed by atoms with Crippen molar-refractivity contribution in [2.24, 2.45) is 0 Å². The third-order valence-corrected chi connectivity index (χ3v) is 6.35. The predicted octanol–water partition coefficient (Wildman–Crippen LogP) is 3.27. The van der Waals surface area contributed by atoms with Gasteiger partial charge in [0.25, 0.3) is 0 Å². The van der Waals surface area contributed by atoms with Crippen LogP contribution >= 0.6 is 0 Å². The van der Waals surface area contributed by atoms with Crippen molar-refractivity contribution in [1.29, 1.82) is 0 Å². The fraction of sp³-hybridized carbons (Fsp3) is 0.333. The lowest BCUT2D eigenvalue weighted by Gasteiger charge is -2.48. The second kappa shape index (κ2) is 6.90. The summed E-state index contributed by atoms with van der Waals surface area (Å²) in [5, 5.41) is 1.11. The van der Waals surface area contributed by atoms with Crippen molar-refractivity contribution in [3.05, 3.63) is 65.4 Å². The fourth-order valence-electron chi connectivity index (χ4n) is 4.94. The Hall–Kier alpha value is -3.28. The van der Waals surface area contributed by atoms with E-state index < -0.39 is 12.1 Å². The number of hydrogen-bond acceptors (Lipinski definition) is 3. The van der Waals surface area contributed by atoms with Gasteiger partial charge in [-0.2, -0.15) is 0 Å². The van der Waals surface area contributed by atoms with Gasteiger partial charge in [0.05, 0.1) is 7.11 Å². The number of carbonyl (C=O) groups is 2. The van der Waals surface area contributed by atoms with E-state index in [0.717, 1.165) is 27.7 Å². The number of H-pyrrole nitrogens is 1. The molecule has 3 heterocycles. The summed E-state index contributed by atoms with van der Waals surface area (Å²) in [7, 11) is 1.63. The number of ether oxygens (including phenoxy) is 1. The third kappa shape index (κ3) is 2.63. The Morgan fingerprint density at radius 3 is 2.57 bits per heavy atom. The van der Waals surface area contributed by atoms with Gasteiger partial charge in [-0.25, -0.2) is 0 Å². The van der Waals surface area contributed by atoms with Crippen LogP contribution in [0, 0.1) is 0 Å². The van der Waals surface area contributed by atoms with Gasteiger partial charge in [0, 0.05) is 34.6 Å². The molecule has 6 nitrogen and oxygen atoms in total. The average Bonchev–Trinajstić information content (AvgIpc) is 3.13. The van der Waals surface area contributed by atoms with Gasteiger partial charge in [-0.1, -0.05) is 36.4 Å². The molecule has 1 aromatic heterocycles. The molecule has 0 bridgehead atoms. The lowest BCUT2D eigenvalue weighted by molar-refractivity contribution is -0.160. The summed E-state index contributed by atoms with van der Waals surface area (Å²) in [6.45, 7) is 4.02. The maximum absolute atomic E-state index is 13.4. The van der Waals surface area contributed by atoms with Crippen LogP contribution in [0.3, 0.4) is 0 Å². The summed E-state index contributed by atoms with van der Waals surface area (Å²) in [5.74, 6) is 0.688. The second-order valence-corrected chi connectivity index (χ2v) is 8.29. The number of nitrogens with zero attached hydrogens (tertiary/aromatic N) is 2. The summed E-state index contributed by atoms with van der Waals surface area (Å²) < 4.78 is 5.64. The maximum atomic E-state index is 13.4. The Morgan fingerprint density at radius 1 is 1.07 bits per heavy atom. The van der Waals surface area contributed by atoms with Crippen molar-refractivity contribution < 1.29 is 14.3 Å². The second-order valence-electron chi connectivity index (χ2n) is 8.29. The van der Waals surface area contributed by atoms with Crippen molar-refractivity contribution in [3.8, 4) is 5.75 Å². The van der Waals surface area contributed by atoms with Crippen LogP contribution in [0.15, 0.2) is 48.5 Å². The largest absolute Gasteiger partial charge is 0.496 e. The SMILES string of the molecule is COc1ccccc1[C@H]1c2[nH]c3ccccc3c2C[C@H]2C(=O)N(C(C)C)CC(=O)N12. The van der Waals surface area contributed by atoms with E-state index in [1.165, 1.54) is 0 Å². The van der Waals surface area contributed by atoms with Gasteiger partial charge in [0.2, 0.25) is 11.8 Å². The number of benzene rings is 2. The first-order valence-corrected chi connectivity index (χ1v) is 10.3. The van der Waals surface area contributed by atoms with E-state index in [1.54, 1.807) is 16.9 Å². The van der Waals surface area contributed by atoms with Crippen LogP contribution in [0.1, 0.15) is 36.7 Å². The topological polar surface area (TPSA) is 65.6 Å². The van der Waals surface area contributed by atoms with Gasteiger partial charge >= 0.3 is 0 Å². The summed E-state index contributed by atoms with van der Waals surface area (Å²) >= 11 is 0. The van der Waals surface area contributed by atoms with E-state index in [0.29, 0.717) is 12.2 Å². The fourth-order valence-corrected chi connectivity index (χ4v) is 4.94. The number of hydrogen-bond donors (Lipinski definition) is 1. The van der Waals surface area contributed by atoms with Crippen LogP contribution < -0.4 is 4.74 Å². The number of carbonyl (C=O) groups excluding carboxylic acids is 2. The highest BCUT2D eigenvalue weighted by molar-refractivity contribution is 5.97. The standard InChI is InChI=1S/C24H25N3O3/c1-14(2)26-13-21(28)27-19(24(26)29)12-17-15-8-4-6-10-18(15)25-22(17)23(27)16-9-5-7-11-20(16)30-3/h4-11,14,19,23,25H,12-13H2,1-3H3/t19-,23-/m0/s1. The molecule has 2 aliphatic rings. The lowest BCUT2D eigenvalue weighted by atomic mass is 9.85. The maximum Gasteiger partial charge on any atom is 0.246 e. The van der Waals surface area contributed by atoms with Crippen LogP contribution in [0.5, 0.6) is 5.75 Å². The molecule has 0 unspecified atom stereocenters. The van der Waals surface area contributed by atoms with Gasteiger partial charge in [0.1, 0.15) is 24.4 Å². The molecule has 2 atom stereocenters. The minimum atomic E-state index is -0.518. The molecule has 0 aliphatic carbocycles. The first-order valence-electron chi connectivity index (χ1n) is 10.3. The minimum Gasteiger partial charge on any atom is -0.496 e. The molecule has 30 heavy (non-hydrogen) atoms. The van der Waals surface area contributed by atoms with E-state index in [9.17, 15) is 9.59 Å². The summed E-state index contributed by atoms with van der Waals surface area (Å²) in [5.41, 5.74) is 3.98. The zero-order valence-electron chi connectivity index (χ0n) is 17.4. The molecule has 154 valence electrons. The quantitative estimate of drug-likeness (QED) is 0.730. The Labute approximate surface area is 175 Å². The summed E-state index contributed by atoms with van der Waals surface area (Å²) in [6, 6.07) is 14.9. The number of amides is 2. The molecule has 1 fully saturated rings. The van der Waals surface area contributed by atoms with Crippen LogP contribution in [-0.4, -0.2) is 52.3 Å². The van der Waals surface area contributed by atoms with E-state index in [-0.39, 0.29) is 24.4 Å². The Morgan fingerprint density at radius 2 is 1.80 bits per heavy atom. The number of nitrogens with one attached hydrogen (secondary N) is 1. The Bertz CT molecular complexity index is 1150. The highest BCUT2D eigenvalue weighted by atomic mass is 16.5. The Balaban J connectivity index is 1.75. The van der Waals surface area contributed by atoms with Crippen LogP contribution in [0.25, 0.3) is 10.9 Å². The highest BCUT2D eigenvalue weighted by Crippen LogP contribution is 2.44.